The molecule has 20 heavy (non-hydrogen) atoms. The molecule has 4 nitrogen and oxygen atoms in total. The topological polar surface area (TPSA) is 51.2 Å². The Hall–Kier alpha value is -1.88. The molecular formula is C15H15BrN2O2. The largest absolute Gasteiger partial charge is 0.481 e. The van der Waals surface area contributed by atoms with Gasteiger partial charge in [0.25, 0.3) is 5.91 Å². The van der Waals surface area contributed by atoms with E-state index in [2.05, 4.69) is 26.2 Å². The Labute approximate surface area is 126 Å². The summed E-state index contributed by atoms with van der Waals surface area (Å²) < 4.78 is 5.94. The number of rotatable bonds is 4. The molecule has 0 bridgehead atoms. The predicted octanol–water partition coefficient (Wildman–Crippen LogP) is 3.09. The normalized spacial score (nSPS) is 10.2. The fraction of sp³-hybridized carbons (Fsp3) is 0.200. The molecule has 1 heterocycles. The first-order chi connectivity index (χ1) is 9.61. The van der Waals surface area contributed by atoms with Crippen molar-refractivity contribution in [3.8, 4) is 5.88 Å². The van der Waals surface area contributed by atoms with Crippen LogP contribution in [0.4, 0.5) is 0 Å². The van der Waals surface area contributed by atoms with E-state index < -0.39 is 0 Å². The molecule has 0 spiro atoms. The molecule has 0 aliphatic carbocycles. The van der Waals surface area contributed by atoms with Gasteiger partial charge < -0.3 is 10.1 Å². The number of nitrogens with zero attached hydrogens (tertiary/aromatic N) is 1. The van der Waals surface area contributed by atoms with Crippen LogP contribution in [0.25, 0.3) is 0 Å². The highest BCUT2D eigenvalue weighted by molar-refractivity contribution is 9.10. The molecule has 2 rings (SSSR count). The minimum absolute atomic E-state index is 0.136. The second kappa shape index (κ2) is 6.52. The number of hydrogen-bond acceptors (Lipinski definition) is 3. The van der Waals surface area contributed by atoms with Crippen molar-refractivity contribution in [2.45, 2.75) is 13.5 Å². The van der Waals surface area contributed by atoms with Crippen molar-refractivity contribution in [3.05, 3.63) is 57.7 Å². The number of carbonyl (C=O) groups excluding carboxylic acids is 1. The lowest BCUT2D eigenvalue weighted by Gasteiger charge is -2.09. The molecule has 104 valence electrons. The van der Waals surface area contributed by atoms with Crippen LogP contribution in [0.2, 0.25) is 0 Å². The van der Waals surface area contributed by atoms with E-state index in [9.17, 15) is 4.79 Å². The van der Waals surface area contributed by atoms with Crippen LogP contribution in [-0.2, 0) is 6.54 Å². The van der Waals surface area contributed by atoms with Crippen molar-refractivity contribution in [2.24, 2.45) is 0 Å². The summed E-state index contributed by atoms with van der Waals surface area (Å²) in [6.07, 6.45) is 1.65. The standard InChI is InChI=1S/C15H15BrN2O2/c1-10-5-6-12(13(16)8-10)14(19)18-9-11-4-3-7-17-15(11)20-2/h3-8H,9H2,1-2H3,(H,18,19). The van der Waals surface area contributed by atoms with Gasteiger partial charge in [-0.2, -0.15) is 0 Å². The first kappa shape index (κ1) is 14.5. The van der Waals surface area contributed by atoms with Crippen molar-refractivity contribution >= 4 is 21.8 Å². The van der Waals surface area contributed by atoms with Crippen molar-refractivity contribution in [3.63, 3.8) is 0 Å². The quantitative estimate of drug-likeness (QED) is 0.934. The van der Waals surface area contributed by atoms with Crippen molar-refractivity contribution in [1.82, 2.24) is 10.3 Å². The summed E-state index contributed by atoms with van der Waals surface area (Å²) >= 11 is 3.40. The molecule has 0 unspecified atom stereocenters. The fourth-order valence-corrected chi connectivity index (χ4v) is 2.49. The predicted molar refractivity (Wildman–Crippen MR) is 80.8 cm³/mol. The third-order valence-corrected chi connectivity index (χ3v) is 3.51. The van der Waals surface area contributed by atoms with E-state index in [4.69, 9.17) is 4.74 Å². The Bertz CT molecular complexity index is 629. The van der Waals surface area contributed by atoms with Gasteiger partial charge in [-0.15, -0.1) is 0 Å². The van der Waals surface area contributed by atoms with Gasteiger partial charge in [0.1, 0.15) is 0 Å². The number of aromatic nitrogens is 1. The number of benzene rings is 1. The van der Waals surface area contributed by atoms with Gasteiger partial charge in [0.15, 0.2) is 0 Å². The van der Waals surface area contributed by atoms with Gasteiger partial charge >= 0.3 is 0 Å². The Kier molecular flexibility index (Phi) is 4.74. The first-order valence-electron chi connectivity index (χ1n) is 6.14. The number of amides is 1. The number of pyridine rings is 1. The zero-order valence-electron chi connectivity index (χ0n) is 11.3. The minimum atomic E-state index is -0.136. The highest BCUT2D eigenvalue weighted by atomic mass is 79.9. The average molecular weight is 335 g/mol. The van der Waals surface area contributed by atoms with Gasteiger partial charge in [-0.25, -0.2) is 4.98 Å². The van der Waals surface area contributed by atoms with E-state index in [1.165, 1.54) is 0 Å². The van der Waals surface area contributed by atoms with Crippen LogP contribution < -0.4 is 10.1 Å². The molecule has 0 saturated carbocycles. The second-order valence-electron chi connectivity index (χ2n) is 4.34. The molecule has 1 aromatic carbocycles. The van der Waals surface area contributed by atoms with Gasteiger partial charge in [0, 0.05) is 22.8 Å². The third-order valence-electron chi connectivity index (χ3n) is 2.85. The SMILES string of the molecule is COc1ncccc1CNC(=O)c1ccc(C)cc1Br. The summed E-state index contributed by atoms with van der Waals surface area (Å²) in [5, 5.41) is 2.86. The molecule has 5 heteroatoms. The molecule has 1 aromatic heterocycles. The number of hydrogen-bond donors (Lipinski definition) is 1. The number of aryl methyl sites for hydroxylation is 1. The molecule has 0 aliphatic rings. The molecule has 0 aliphatic heterocycles. The number of ether oxygens (including phenoxy) is 1. The lowest BCUT2D eigenvalue weighted by molar-refractivity contribution is 0.0950. The molecular weight excluding hydrogens is 320 g/mol. The fourth-order valence-electron chi connectivity index (χ4n) is 1.82. The van der Waals surface area contributed by atoms with Crippen LogP contribution in [0.15, 0.2) is 41.0 Å². The summed E-state index contributed by atoms with van der Waals surface area (Å²) in [5.74, 6) is 0.388. The summed E-state index contributed by atoms with van der Waals surface area (Å²) in [5.41, 5.74) is 2.55. The maximum Gasteiger partial charge on any atom is 0.252 e. The molecule has 2 aromatic rings. The van der Waals surface area contributed by atoms with E-state index in [-0.39, 0.29) is 5.91 Å². The highest BCUT2D eigenvalue weighted by Crippen LogP contribution is 2.19. The van der Waals surface area contributed by atoms with Crippen LogP contribution in [0, 0.1) is 6.92 Å². The maximum absolute atomic E-state index is 12.1. The van der Waals surface area contributed by atoms with E-state index >= 15 is 0 Å². The van der Waals surface area contributed by atoms with Gasteiger partial charge in [-0.1, -0.05) is 12.1 Å². The van der Waals surface area contributed by atoms with Gasteiger partial charge in [0.2, 0.25) is 5.88 Å². The van der Waals surface area contributed by atoms with Crippen LogP contribution in [0.1, 0.15) is 21.5 Å². The summed E-state index contributed by atoms with van der Waals surface area (Å²) in [6.45, 7) is 2.35. The summed E-state index contributed by atoms with van der Waals surface area (Å²) in [4.78, 5) is 16.2. The van der Waals surface area contributed by atoms with E-state index in [0.717, 1.165) is 15.6 Å². The second-order valence-corrected chi connectivity index (χ2v) is 5.19. The number of methoxy groups -OCH3 is 1. The molecule has 0 saturated heterocycles. The molecule has 1 amide bonds. The van der Waals surface area contributed by atoms with Crippen LogP contribution in [-0.4, -0.2) is 18.0 Å². The Morgan fingerprint density at radius 2 is 2.20 bits per heavy atom. The summed E-state index contributed by atoms with van der Waals surface area (Å²) in [7, 11) is 1.56. The van der Waals surface area contributed by atoms with Crippen LogP contribution in [0.5, 0.6) is 5.88 Å². The zero-order chi connectivity index (χ0) is 14.5. The van der Waals surface area contributed by atoms with E-state index in [0.29, 0.717) is 18.0 Å². The Balaban J connectivity index is 2.09. The first-order valence-corrected chi connectivity index (χ1v) is 6.93. The number of carbonyl (C=O) groups is 1. The number of halogens is 1. The molecule has 0 fully saturated rings. The third kappa shape index (κ3) is 3.36. The Morgan fingerprint density at radius 1 is 1.40 bits per heavy atom. The van der Waals surface area contributed by atoms with Crippen molar-refractivity contribution in [1.29, 1.82) is 0 Å². The summed E-state index contributed by atoms with van der Waals surface area (Å²) in [6, 6.07) is 9.31. The lowest BCUT2D eigenvalue weighted by Crippen LogP contribution is -2.23. The highest BCUT2D eigenvalue weighted by Gasteiger charge is 2.11. The van der Waals surface area contributed by atoms with Crippen molar-refractivity contribution < 1.29 is 9.53 Å². The number of nitrogens with one attached hydrogen (secondary N) is 1. The van der Waals surface area contributed by atoms with Crippen LogP contribution >= 0.6 is 15.9 Å². The van der Waals surface area contributed by atoms with Gasteiger partial charge in [-0.05, 0) is 46.6 Å². The smallest absolute Gasteiger partial charge is 0.252 e. The lowest BCUT2D eigenvalue weighted by atomic mass is 10.1. The minimum Gasteiger partial charge on any atom is -0.481 e. The molecule has 1 N–H and O–H groups in total. The van der Waals surface area contributed by atoms with Crippen molar-refractivity contribution in [2.75, 3.05) is 7.11 Å². The average Bonchev–Trinajstić information content (AvgIpc) is 2.45. The monoisotopic (exact) mass is 334 g/mol. The van der Waals surface area contributed by atoms with E-state index in [1.54, 1.807) is 19.4 Å². The zero-order valence-corrected chi connectivity index (χ0v) is 12.9. The molecule has 0 radical (unpaired) electrons. The maximum atomic E-state index is 12.1. The Morgan fingerprint density at radius 3 is 2.90 bits per heavy atom. The van der Waals surface area contributed by atoms with E-state index in [1.807, 2.05) is 31.2 Å². The van der Waals surface area contributed by atoms with Gasteiger partial charge in [-0.3, -0.25) is 4.79 Å². The van der Waals surface area contributed by atoms with Crippen LogP contribution in [0.3, 0.4) is 0 Å². The molecule has 0 atom stereocenters. The van der Waals surface area contributed by atoms with Gasteiger partial charge in [0.05, 0.1) is 12.7 Å².